The molecule has 230 valence electrons. The van der Waals surface area contributed by atoms with Crippen molar-refractivity contribution in [2.75, 3.05) is 64.5 Å². The Labute approximate surface area is 252 Å². The Morgan fingerprint density at radius 3 is 2.48 bits per heavy atom. The summed E-state index contributed by atoms with van der Waals surface area (Å²) in [7, 11) is 0.599. The highest BCUT2D eigenvalue weighted by Gasteiger charge is 2.35. The molecule has 2 aliphatic rings. The number of carbonyl (C=O) groups is 1. The highest BCUT2D eigenvalue weighted by Crippen LogP contribution is 2.31. The van der Waals surface area contributed by atoms with E-state index in [0.29, 0.717) is 45.8 Å². The zero-order chi connectivity index (χ0) is 29.9. The fraction of sp³-hybridized carbons (Fsp3) is 0.679. The van der Waals surface area contributed by atoms with Crippen molar-refractivity contribution in [3.63, 3.8) is 0 Å². The molecule has 5 rings (SSSR count). The Bertz CT molecular complexity index is 1460. The number of anilines is 1. The normalized spacial score (nSPS) is 20.2. The molecule has 0 spiro atoms. The maximum absolute atomic E-state index is 13.4. The topological polar surface area (TPSA) is 121 Å². The summed E-state index contributed by atoms with van der Waals surface area (Å²) in [6.45, 7) is 6.55. The summed E-state index contributed by atoms with van der Waals surface area (Å²) in [6.07, 6.45) is 9.68. The smallest absolute Gasteiger partial charge is 0.225 e. The van der Waals surface area contributed by atoms with E-state index in [0.717, 1.165) is 66.1 Å². The van der Waals surface area contributed by atoms with Gasteiger partial charge in [0.05, 0.1) is 35.1 Å². The molecular formula is C28H43N9O3S2. The fourth-order valence-electron chi connectivity index (χ4n) is 6.08. The van der Waals surface area contributed by atoms with Crippen molar-refractivity contribution in [3.8, 4) is 0 Å². The summed E-state index contributed by atoms with van der Waals surface area (Å²) in [5.41, 5.74) is 1.78. The predicted molar refractivity (Wildman–Crippen MR) is 165 cm³/mol. The third kappa shape index (κ3) is 7.09. The molecule has 12 nitrogen and oxygen atoms in total. The number of aromatic nitrogens is 5. The number of hydrogen-bond acceptors (Lipinski definition) is 10. The lowest BCUT2D eigenvalue weighted by Crippen LogP contribution is -2.52. The van der Waals surface area contributed by atoms with Crippen LogP contribution < -0.4 is 4.90 Å². The largest absolute Gasteiger partial charge is 0.352 e. The minimum Gasteiger partial charge on any atom is -0.352 e. The third-order valence-electron chi connectivity index (χ3n) is 8.33. The van der Waals surface area contributed by atoms with E-state index in [4.69, 9.17) is 4.98 Å². The molecule has 2 fully saturated rings. The predicted octanol–water partition coefficient (Wildman–Crippen LogP) is 2.31. The summed E-state index contributed by atoms with van der Waals surface area (Å²) >= 11 is 1.69. The average molecular weight is 618 g/mol. The van der Waals surface area contributed by atoms with Gasteiger partial charge in [-0.25, -0.2) is 28.1 Å². The first kappa shape index (κ1) is 30.8. The monoisotopic (exact) mass is 617 g/mol. The number of sulfonamides is 1. The second-order valence-corrected chi connectivity index (χ2v) is 14.6. The van der Waals surface area contributed by atoms with Gasteiger partial charge < -0.3 is 14.7 Å². The van der Waals surface area contributed by atoms with Crippen LogP contribution in [0.3, 0.4) is 0 Å². The van der Waals surface area contributed by atoms with E-state index in [1.807, 2.05) is 34.8 Å². The van der Waals surface area contributed by atoms with Crippen LogP contribution in [-0.2, 0) is 27.8 Å². The number of fused-ring (bicyclic) bond motifs is 1. The molecule has 0 unspecified atom stereocenters. The average Bonchev–Trinajstić information content (AvgIpc) is 3.59. The lowest BCUT2D eigenvalue weighted by molar-refractivity contribution is -0.137. The zero-order valence-electron chi connectivity index (χ0n) is 25.1. The van der Waals surface area contributed by atoms with E-state index in [1.54, 1.807) is 22.0 Å². The minimum atomic E-state index is -3.30. The number of rotatable bonds is 11. The van der Waals surface area contributed by atoms with Gasteiger partial charge in [-0.15, -0.1) is 11.3 Å². The van der Waals surface area contributed by atoms with Crippen molar-refractivity contribution >= 4 is 44.1 Å². The SMILES string of the molecule is CCCc1nc(Cn2ncc3c(N4CCN(C(=O)[C@H]5CC[C@H](N(CCN(C)C)S(C)(=O)=O)CC5)CC4)ncnc32)cs1. The van der Waals surface area contributed by atoms with Crippen molar-refractivity contribution in [1.29, 1.82) is 0 Å². The van der Waals surface area contributed by atoms with Gasteiger partial charge in [-0.05, 0) is 52.6 Å². The van der Waals surface area contributed by atoms with Gasteiger partial charge in [0.2, 0.25) is 15.9 Å². The first-order chi connectivity index (χ1) is 20.1. The van der Waals surface area contributed by atoms with Gasteiger partial charge in [0.25, 0.3) is 0 Å². The number of piperazine rings is 1. The summed E-state index contributed by atoms with van der Waals surface area (Å²) in [5.74, 6) is 0.997. The molecule has 0 N–H and O–H groups in total. The number of carbonyl (C=O) groups excluding carboxylic acids is 1. The van der Waals surface area contributed by atoms with E-state index in [1.165, 1.54) is 6.26 Å². The molecule has 3 aromatic heterocycles. The van der Waals surface area contributed by atoms with Gasteiger partial charge in [-0.2, -0.15) is 9.40 Å². The molecule has 0 radical (unpaired) electrons. The number of nitrogens with zero attached hydrogens (tertiary/aromatic N) is 9. The second-order valence-electron chi connectivity index (χ2n) is 11.7. The number of likely N-dealkylation sites (N-methyl/N-ethyl adjacent to an activating group) is 1. The second kappa shape index (κ2) is 13.3. The van der Waals surface area contributed by atoms with Crippen LogP contribution in [0.2, 0.25) is 0 Å². The first-order valence-electron chi connectivity index (χ1n) is 14.9. The minimum absolute atomic E-state index is 0.0316. The number of hydrogen-bond donors (Lipinski definition) is 0. The van der Waals surface area contributed by atoms with E-state index in [2.05, 4.69) is 32.3 Å². The van der Waals surface area contributed by atoms with Crippen LogP contribution in [0.5, 0.6) is 0 Å². The Balaban J connectivity index is 1.16. The lowest BCUT2D eigenvalue weighted by Gasteiger charge is -2.39. The van der Waals surface area contributed by atoms with E-state index >= 15 is 0 Å². The van der Waals surface area contributed by atoms with Crippen molar-refractivity contribution in [3.05, 3.63) is 28.6 Å². The van der Waals surface area contributed by atoms with Crippen molar-refractivity contribution in [1.82, 2.24) is 38.8 Å². The molecule has 0 bridgehead atoms. The maximum Gasteiger partial charge on any atom is 0.225 e. The van der Waals surface area contributed by atoms with Crippen LogP contribution in [0.15, 0.2) is 17.9 Å². The van der Waals surface area contributed by atoms with Gasteiger partial charge >= 0.3 is 0 Å². The highest BCUT2D eigenvalue weighted by molar-refractivity contribution is 7.88. The lowest BCUT2D eigenvalue weighted by atomic mass is 9.85. The first-order valence-corrected chi connectivity index (χ1v) is 17.6. The zero-order valence-corrected chi connectivity index (χ0v) is 26.8. The van der Waals surface area contributed by atoms with Crippen LogP contribution in [0.25, 0.3) is 11.0 Å². The Hall–Kier alpha value is -2.68. The van der Waals surface area contributed by atoms with Crippen LogP contribution >= 0.6 is 11.3 Å². The van der Waals surface area contributed by atoms with E-state index in [-0.39, 0.29) is 17.9 Å². The summed E-state index contributed by atoms with van der Waals surface area (Å²) in [4.78, 5) is 33.5. The molecular weight excluding hydrogens is 575 g/mol. The molecule has 42 heavy (non-hydrogen) atoms. The van der Waals surface area contributed by atoms with Gasteiger partial charge in [-0.1, -0.05) is 6.92 Å². The van der Waals surface area contributed by atoms with E-state index in [9.17, 15) is 13.2 Å². The van der Waals surface area contributed by atoms with Gasteiger partial charge in [0, 0.05) is 56.6 Å². The van der Waals surface area contributed by atoms with Crippen LogP contribution in [0.4, 0.5) is 5.82 Å². The third-order valence-corrected chi connectivity index (χ3v) is 10.6. The number of thiazole rings is 1. The molecule has 3 aromatic rings. The molecule has 1 saturated heterocycles. The Kier molecular flexibility index (Phi) is 9.75. The standard InChI is InChI=1S/C28H43N9O3S2/c1-5-6-25-32-22(19-41-25)18-36-27-24(17-31-36)26(29-20-30-27)34-12-14-35(15-13-34)28(38)21-7-9-23(10-8-21)37(42(4,39)40)16-11-33(2)3/h17,19-21,23H,5-16,18H2,1-4H3/t21-,23-. The molecule has 0 aromatic carbocycles. The number of aryl methyl sites for hydroxylation is 1. The van der Waals surface area contributed by atoms with Gasteiger partial charge in [-0.3, -0.25) is 4.79 Å². The molecule has 1 amide bonds. The van der Waals surface area contributed by atoms with Crippen LogP contribution in [0, 0.1) is 5.92 Å². The quantitative estimate of drug-likeness (QED) is 0.319. The maximum atomic E-state index is 13.4. The Morgan fingerprint density at radius 2 is 1.81 bits per heavy atom. The summed E-state index contributed by atoms with van der Waals surface area (Å²) in [5, 5.41) is 8.75. The molecule has 1 aliphatic carbocycles. The summed E-state index contributed by atoms with van der Waals surface area (Å²) in [6, 6.07) is -0.0316. The molecule has 14 heteroatoms. The van der Waals surface area contributed by atoms with Crippen LogP contribution in [-0.4, -0.2) is 119 Å². The van der Waals surface area contributed by atoms with Crippen molar-refractivity contribution in [2.45, 2.75) is 58.0 Å². The molecule has 1 aliphatic heterocycles. The Morgan fingerprint density at radius 1 is 1.07 bits per heavy atom. The van der Waals surface area contributed by atoms with E-state index < -0.39 is 10.0 Å². The fourth-order valence-corrected chi connectivity index (χ4v) is 8.13. The van der Waals surface area contributed by atoms with Gasteiger partial charge in [0.1, 0.15) is 12.1 Å². The van der Waals surface area contributed by atoms with Gasteiger partial charge in [0.15, 0.2) is 5.65 Å². The van der Waals surface area contributed by atoms with Crippen LogP contribution in [0.1, 0.15) is 49.7 Å². The van der Waals surface area contributed by atoms with Crippen molar-refractivity contribution in [2.24, 2.45) is 5.92 Å². The summed E-state index contributed by atoms with van der Waals surface area (Å²) < 4.78 is 28.4. The molecule has 4 heterocycles. The van der Waals surface area contributed by atoms with Crippen molar-refractivity contribution < 1.29 is 13.2 Å². The molecule has 0 atom stereocenters. The molecule has 1 saturated carbocycles. The number of amides is 1. The highest BCUT2D eigenvalue weighted by atomic mass is 32.2.